The molecule has 0 saturated carbocycles. The lowest BCUT2D eigenvalue weighted by molar-refractivity contribution is 0.790. The van der Waals surface area contributed by atoms with E-state index in [0.717, 1.165) is 5.69 Å². The summed E-state index contributed by atoms with van der Waals surface area (Å²) in [6, 6.07) is 8.15. The molecule has 58 valence electrons. The lowest BCUT2D eigenvalue weighted by Gasteiger charge is -2.16. The van der Waals surface area contributed by atoms with Crippen molar-refractivity contribution in [2.75, 3.05) is 5.32 Å². The number of fused-ring (bicyclic) bond motifs is 1. The van der Waals surface area contributed by atoms with Crippen LogP contribution in [0, 0.1) is 0 Å². The second-order valence-corrected chi connectivity index (χ2v) is 4.32. The molecule has 2 nitrogen and oxygen atoms in total. The van der Waals surface area contributed by atoms with Gasteiger partial charge in [0.25, 0.3) is 0 Å². The molecule has 3 heteroatoms. The predicted molar refractivity (Wildman–Crippen MR) is 48.5 cm³/mol. The van der Waals surface area contributed by atoms with Gasteiger partial charge in [-0.3, -0.25) is 0 Å². The zero-order valence-corrected chi connectivity index (χ0v) is 7.11. The van der Waals surface area contributed by atoms with Crippen LogP contribution in [0.15, 0.2) is 29.2 Å². The van der Waals surface area contributed by atoms with E-state index in [2.05, 4.69) is 11.4 Å². The van der Waals surface area contributed by atoms with E-state index >= 15 is 0 Å². The number of nitrogens with one attached hydrogen (secondary N) is 1. The van der Waals surface area contributed by atoms with Gasteiger partial charge < -0.3 is 11.1 Å². The first-order chi connectivity index (χ1) is 5.17. The van der Waals surface area contributed by atoms with Crippen molar-refractivity contribution in [2.45, 2.75) is 16.8 Å². The predicted octanol–water partition coefficient (Wildman–Crippen LogP) is 1.84. The molecule has 0 bridgehead atoms. The molecule has 1 heterocycles. The van der Waals surface area contributed by atoms with Crippen LogP contribution in [0.3, 0.4) is 0 Å². The Morgan fingerprint density at radius 3 is 2.91 bits per heavy atom. The number of hydrogen-bond donors (Lipinski definition) is 2. The van der Waals surface area contributed by atoms with Crippen LogP contribution in [0.25, 0.3) is 0 Å². The number of anilines is 1. The lowest BCUT2D eigenvalue weighted by Crippen LogP contribution is -2.37. The molecule has 1 atom stereocenters. The number of benzene rings is 1. The molecule has 1 aliphatic heterocycles. The van der Waals surface area contributed by atoms with Crippen LogP contribution < -0.4 is 11.1 Å². The van der Waals surface area contributed by atoms with Crippen LogP contribution in [0.4, 0.5) is 5.69 Å². The van der Waals surface area contributed by atoms with Gasteiger partial charge in [-0.25, -0.2) is 0 Å². The van der Waals surface area contributed by atoms with Crippen LogP contribution in [0.5, 0.6) is 0 Å². The summed E-state index contributed by atoms with van der Waals surface area (Å²) in [6.07, 6.45) is 0. The van der Waals surface area contributed by atoms with Crippen molar-refractivity contribution >= 4 is 17.4 Å². The van der Waals surface area contributed by atoms with E-state index in [1.807, 2.05) is 25.1 Å². The minimum atomic E-state index is -0.330. The minimum absolute atomic E-state index is 0.330. The average Bonchev–Trinajstić information content (AvgIpc) is 2.21. The van der Waals surface area contributed by atoms with Crippen LogP contribution in [0.2, 0.25) is 0 Å². The molecule has 1 unspecified atom stereocenters. The van der Waals surface area contributed by atoms with E-state index in [-0.39, 0.29) is 4.99 Å². The van der Waals surface area contributed by atoms with Gasteiger partial charge in [0.05, 0.1) is 0 Å². The second kappa shape index (κ2) is 2.16. The molecule has 1 aliphatic rings. The summed E-state index contributed by atoms with van der Waals surface area (Å²) in [7, 11) is 0. The zero-order valence-electron chi connectivity index (χ0n) is 6.29. The number of para-hydroxylation sites is 1. The van der Waals surface area contributed by atoms with Gasteiger partial charge in [0.2, 0.25) is 0 Å². The van der Waals surface area contributed by atoms with Crippen molar-refractivity contribution in [3.05, 3.63) is 24.3 Å². The average molecular weight is 166 g/mol. The van der Waals surface area contributed by atoms with E-state index in [4.69, 9.17) is 5.73 Å². The summed E-state index contributed by atoms with van der Waals surface area (Å²) >= 11 is 1.66. The Balaban J connectivity index is 2.41. The topological polar surface area (TPSA) is 38.0 Å². The monoisotopic (exact) mass is 166 g/mol. The molecule has 2 rings (SSSR count). The molecule has 0 fully saturated rings. The van der Waals surface area contributed by atoms with Gasteiger partial charge in [-0.1, -0.05) is 23.9 Å². The number of rotatable bonds is 0. The Labute approximate surface area is 70.2 Å². The van der Waals surface area contributed by atoms with E-state index in [1.165, 1.54) is 4.90 Å². The SMILES string of the molecule is CC1(N)Nc2ccccc2S1. The molecular weight excluding hydrogens is 156 g/mol. The van der Waals surface area contributed by atoms with Gasteiger partial charge in [-0.15, -0.1) is 0 Å². The maximum absolute atomic E-state index is 5.88. The Bertz CT molecular complexity index is 256. The highest BCUT2D eigenvalue weighted by Crippen LogP contribution is 2.41. The first-order valence-electron chi connectivity index (χ1n) is 3.52. The number of nitrogens with two attached hydrogens (primary N) is 1. The Hall–Kier alpha value is -0.670. The van der Waals surface area contributed by atoms with Gasteiger partial charge >= 0.3 is 0 Å². The fourth-order valence-corrected chi connectivity index (χ4v) is 2.17. The maximum atomic E-state index is 5.88. The van der Waals surface area contributed by atoms with Crippen LogP contribution >= 0.6 is 11.8 Å². The lowest BCUT2D eigenvalue weighted by atomic mass is 10.3. The van der Waals surface area contributed by atoms with Gasteiger partial charge in [-0.05, 0) is 19.1 Å². The van der Waals surface area contributed by atoms with E-state index < -0.39 is 0 Å². The summed E-state index contributed by atoms with van der Waals surface area (Å²) in [4.78, 5) is 0.904. The molecule has 0 aromatic heterocycles. The van der Waals surface area contributed by atoms with E-state index in [9.17, 15) is 0 Å². The van der Waals surface area contributed by atoms with Crippen molar-refractivity contribution in [1.82, 2.24) is 0 Å². The molecule has 0 radical (unpaired) electrons. The largest absolute Gasteiger partial charge is 0.358 e. The summed E-state index contributed by atoms with van der Waals surface area (Å²) in [5.74, 6) is 0. The zero-order chi connectivity index (χ0) is 7.90. The molecule has 0 amide bonds. The van der Waals surface area contributed by atoms with Crippen LogP contribution in [0.1, 0.15) is 6.92 Å². The molecule has 3 N–H and O–H groups in total. The highest BCUT2D eigenvalue weighted by molar-refractivity contribution is 8.01. The summed E-state index contributed by atoms with van der Waals surface area (Å²) in [6.45, 7) is 1.97. The molecule has 0 aliphatic carbocycles. The molecular formula is C8H10N2S. The fraction of sp³-hybridized carbons (Fsp3) is 0.250. The molecule has 1 aromatic rings. The fourth-order valence-electron chi connectivity index (χ4n) is 1.18. The summed E-state index contributed by atoms with van der Waals surface area (Å²) in [5.41, 5.74) is 7.02. The third-order valence-corrected chi connectivity index (χ3v) is 2.69. The van der Waals surface area contributed by atoms with E-state index in [1.54, 1.807) is 11.8 Å². The maximum Gasteiger partial charge on any atom is 0.136 e. The highest BCUT2D eigenvalue weighted by Gasteiger charge is 2.27. The van der Waals surface area contributed by atoms with Crippen molar-refractivity contribution in [2.24, 2.45) is 5.73 Å². The molecule has 0 saturated heterocycles. The van der Waals surface area contributed by atoms with Crippen LogP contribution in [-0.2, 0) is 0 Å². The van der Waals surface area contributed by atoms with Crippen LogP contribution in [-0.4, -0.2) is 4.99 Å². The third-order valence-electron chi connectivity index (χ3n) is 1.59. The van der Waals surface area contributed by atoms with Crippen molar-refractivity contribution < 1.29 is 0 Å². The quantitative estimate of drug-likeness (QED) is 0.617. The van der Waals surface area contributed by atoms with Gasteiger partial charge in [0, 0.05) is 10.6 Å². The molecule has 0 spiro atoms. The highest BCUT2D eigenvalue weighted by atomic mass is 32.2. The number of thioether (sulfide) groups is 1. The first-order valence-corrected chi connectivity index (χ1v) is 4.34. The number of hydrogen-bond acceptors (Lipinski definition) is 3. The van der Waals surface area contributed by atoms with Crippen molar-refractivity contribution in [1.29, 1.82) is 0 Å². The third kappa shape index (κ3) is 1.21. The Morgan fingerprint density at radius 1 is 1.45 bits per heavy atom. The molecule has 1 aromatic carbocycles. The van der Waals surface area contributed by atoms with Crippen molar-refractivity contribution in [3.8, 4) is 0 Å². The van der Waals surface area contributed by atoms with E-state index in [0.29, 0.717) is 0 Å². The standard InChI is InChI=1S/C8H10N2S/c1-8(9)10-6-4-2-3-5-7(6)11-8/h2-5,10H,9H2,1H3. The summed E-state index contributed by atoms with van der Waals surface area (Å²) < 4.78 is 0. The van der Waals surface area contributed by atoms with Gasteiger partial charge in [-0.2, -0.15) is 0 Å². The summed E-state index contributed by atoms with van der Waals surface area (Å²) in [5, 5.41) is 3.21. The Kier molecular flexibility index (Phi) is 1.37. The first kappa shape index (κ1) is 7.00. The minimum Gasteiger partial charge on any atom is -0.358 e. The van der Waals surface area contributed by atoms with Gasteiger partial charge in [0.1, 0.15) is 4.99 Å². The smallest absolute Gasteiger partial charge is 0.136 e. The normalized spacial score (nSPS) is 27.8. The second-order valence-electron chi connectivity index (χ2n) is 2.83. The molecule has 11 heavy (non-hydrogen) atoms. The van der Waals surface area contributed by atoms with Crippen molar-refractivity contribution in [3.63, 3.8) is 0 Å². The Morgan fingerprint density at radius 2 is 2.18 bits per heavy atom. The van der Waals surface area contributed by atoms with Gasteiger partial charge in [0.15, 0.2) is 0 Å².